The Balaban J connectivity index is 1.92. The van der Waals surface area contributed by atoms with Gasteiger partial charge in [-0.05, 0) is 42.7 Å². The molecule has 0 saturated carbocycles. The standard InChI is InChI=1S/C25H31ClN2O4/c1-16(2)11-12-27-24(29)21-15-28(25(30)18-7-5-6-8-22(18)26)14-20(21)19-13-17(31-3)9-10-23(19)32-4/h5-10,13,16,20-21H,11-12,14-15H2,1-4H3,(H,27,29)/t20-,21-/m0/s1. The molecule has 0 unspecified atom stereocenters. The van der Waals surface area contributed by atoms with Gasteiger partial charge in [0, 0.05) is 31.1 Å². The highest BCUT2D eigenvalue weighted by Crippen LogP contribution is 2.40. The first-order valence-corrected chi connectivity index (χ1v) is 11.3. The van der Waals surface area contributed by atoms with E-state index < -0.39 is 5.92 Å². The summed E-state index contributed by atoms with van der Waals surface area (Å²) in [5.41, 5.74) is 1.29. The first-order chi connectivity index (χ1) is 15.3. The van der Waals surface area contributed by atoms with Gasteiger partial charge in [-0.15, -0.1) is 0 Å². The van der Waals surface area contributed by atoms with Crippen molar-refractivity contribution in [2.75, 3.05) is 33.9 Å². The summed E-state index contributed by atoms with van der Waals surface area (Å²) in [7, 11) is 3.20. The van der Waals surface area contributed by atoms with E-state index in [1.807, 2.05) is 18.2 Å². The minimum Gasteiger partial charge on any atom is -0.497 e. The third-order valence-corrected chi connectivity index (χ3v) is 6.23. The van der Waals surface area contributed by atoms with Crippen LogP contribution in [-0.2, 0) is 4.79 Å². The summed E-state index contributed by atoms with van der Waals surface area (Å²) < 4.78 is 11.0. The number of carbonyl (C=O) groups excluding carboxylic acids is 2. The summed E-state index contributed by atoms with van der Waals surface area (Å²) in [6.45, 7) is 5.54. The number of amides is 2. The first kappa shape index (κ1) is 23.9. The Morgan fingerprint density at radius 1 is 1.12 bits per heavy atom. The number of ether oxygens (including phenoxy) is 2. The quantitative estimate of drug-likeness (QED) is 0.637. The molecular weight excluding hydrogens is 428 g/mol. The number of likely N-dealkylation sites (tertiary alicyclic amines) is 1. The Hall–Kier alpha value is -2.73. The molecule has 2 amide bonds. The van der Waals surface area contributed by atoms with Crippen LogP contribution in [0.1, 0.15) is 42.1 Å². The lowest BCUT2D eigenvalue weighted by atomic mass is 9.87. The van der Waals surface area contributed by atoms with E-state index in [-0.39, 0.29) is 17.7 Å². The van der Waals surface area contributed by atoms with Crippen LogP contribution in [0, 0.1) is 11.8 Å². The summed E-state index contributed by atoms with van der Waals surface area (Å²) in [6.07, 6.45) is 0.897. The Bertz CT molecular complexity index is 963. The van der Waals surface area contributed by atoms with Crippen molar-refractivity contribution in [2.45, 2.75) is 26.2 Å². The molecule has 0 aromatic heterocycles. The second-order valence-corrected chi connectivity index (χ2v) is 8.89. The van der Waals surface area contributed by atoms with Gasteiger partial charge in [-0.3, -0.25) is 9.59 Å². The fourth-order valence-electron chi connectivity index (χ4n) is 4.10. The fraction of sp³-hybridized carbons (Fsp3) is 0.440. The van der Waals surface area contributed by atoms with Crippen molar-refractivity contribution in [1.82, 2.24) is 10.2 Å². The van der Waals surface area contributed by atoms with Crippen molar-refractivity contribution >= 4 is 23.4 Å². The van der Waals surface area contributed by atoms with Gasteiger partial charge in [-0.25, -0.2) is 0 Å². The van der Waals surface area contributed by atoms with Gasteiger partial charge in [0.1, 0.15) is 11.5 Å². The summed E-state index contributed by atoms with van der Waals surface area (Å²) in [5, 5.41) is 3.46. The van der Waals surface area contributed by atoms with E-state index in [1.54, 1.807) is 43.4 Å². The fourth-order valence-corrected chi connectivity index (χ4v) is 4.32. The van der Waals surface area contributed by atoms with Gasteiger partial charge in [-0.1, -0.05) is 37.6 Å². The zero-order chi connectivity index (χ0) is 23.3. The van der Waals surface area contributed by atoms with Gasteiger partial charge < -0.3 is 19.7 Å². The smallest absolute Gasteiger partial charge is 0.255 e. The third-order valence-electron chi connectivity index (χ3n) is 5.91. The van der Waals surface area contributed by atoms with Crippen LogP contribution in [0.15, 0.2) is 42.5 Å². The molecule has 0 bridgehead atoms. The largest absolute Gasteiger partial charge is 0.497 e. The number of carbonyl (C=O) groups is 2. The van der Waals surface area contributed by atoms with Gasteiger partial charge in [0.2, 0.25) is 5.91 Å². The van der Waals surface area contributed by atoms with E-state index in [9.17, 15) is 9.59 Å². The van der Waals surface area contributed by atoms with Crippen molar-refractivity contribution in [1.29, 1.82) is 0 Å². The minimum absolute atomic E-state index is 0.0602. The molecule has 2 atom stereocenters. The second-order valence-electron chi connectivity index (χ2n) is 8.48. The third kappa shape index (κ3) is 5.36. The second kappa shape index (κ2) is 10.7. The number of benzene rings is 2. The summed E-state index contributed by atoms with van der Waals surface area (Å²) in [6, 6.07) is 12.5. The van der Waals surface area contributed by atoms with Gasteiger partial charge in [0.15, 0.2) is 0 Å². The van der Waals surface area contributed by atoms with Crippen molar-refractivity contribution in [3.63, 3.8) is 0 Å². The lowest BCUT2D eigenvalue weighted by Gasteiger charge is -2.21. The maximum absolute atomic E-state index is 13.2. The molecule has 7 heteroatoms. The van der Waals surface area contributed by atoms with Gasteiger partial charge in [0.05, 0.1) is 30.7 Å². The van der Waals surface area contributed by atoms with E-state index in [4.69, 9.17) is 21.1 Å². The molecular formula is C25H31ClN2O4. The molecule has 172 valence electrons. The molecule has 32 heavy (non-hydrogen) atoms. The Labute approximate surface area is 194 Å². The predicted molar refractivity (Wildman–Crippen MR) is 126 cm³/mol. The molecule has 1 N–H and O–H groups in total. The minimum atomic E-state index is -0.408. The maximum atomic E-state index is 13.2. The number of rotatable bonds is 8. The summed E-state index contributed by atoms with van der Waals surface area (Å²) in [5.74, 6) is 0.958. The summed E-state index contributed by atoms with van der Waals surface area (Å²) >= 11 is 6.27. The zero-order valence-corrected chi connectivity index (χ0v) is 19.8. The lowest BCUT2D eigenvalue weighted by Crippen LogP contribution is -2.36. The van der Waals surface area contributed by atoms with Gasteiger partial charge in [-0.2, -0.15) is 0 Å². The zero-order valence-electron chi connectivity index (χ0n) is 19.1. The maximum Gasteiger partial charge on any atom is 0.255 e. The van der Waals surface area contributed by atoms with Crippen LogP contribution in [0.5, 0.6) is 11.5 Å². The molecule has 3 rings (SSSR count). The molecule has 1 aliphatic rings. The molecule has 1 saturated heterocycles. The average Bonchev–Trinajstić information content (AvgIpc) is 3.23. The lowest BCUT2D eigenvalue weighted by molar-refractivity contribution is -0.124. The van der Waals surface area contributed by atoms with Gasteiger partial charge >= 0.3 is 0 Å². The van der Waals surface area contributed by atoms with E-state index >= 15 is 0 Å². The van der Waals surface area contributed by atoms with E-state index in [0.29, 0.717) is 47.6 Å². The normalized spacial score (nSPS) is 18.0. The monoisotopic (exact) mass is 458 g/mol. The predicted octanol–water partition coefficient (Wildman–Crippen LogP) is 4.38. The van der Waals surface area contributed by atoms with E-state index in [1.165, 1.54) is 0 Å². The van der Waals surface area contributed by atoms with Crippen LogP contribution < -0.4 is 14.8 Å². The molecule has 6 nitrogen and oxygen atoms in total. The number of hydrogen-bond donors (Lipinski definition) is 1. The van der Waals surface area contributed by atoms with Crippen LogP contribution in [0.25, 0.3) is 0 Å². The first-order valence-electron chi connectivity index (χ1n) is 10.9. The van der Waals surface area contributed by atoms with Crippen molar-refractivity contribution in [3.05, 3.63) is 58.6 Å². The van der Waals surface area contributed by atoms with Gasteiger partial charge in [0.25, 0.3) is 5.91 Å². The van der Waals surface area contributed by atoms with E-state index in [0.717, 1.165) is 12.0 Å². The van der Waals surface area contributed by atoms with Crippen LogP contribution >= 0.6 is 11.6 Å². The van der Waals surface area contributed by atoms with Crippen LogP contribution in [0.2, 0.25) is 5.02 Å². The van der Waals surface area contributed by atoms with Crippen LogP contribution in [-0.4, -0.2) is 50.6 Å². The molecule has 1 aliphatic heterocycles. The van der Waals surface area contributed by atoms with Crippen molar-refractivity contribution in [3.8, 4) is 11.5 Å². The summed E-state index contributed by atoms with van der Waals surface area (Å²) in [4.78, 5) is 28.1. The number of nitrogens with one attached hydrogen (secondary N) is 1. The highest BCUT2D eigenvalue weighted by molar-refractivity contribution is 6.33. The highest BCUT2D eigenvalue weighted by Gasteiger charge is 2.42. The van der Waals surface area contributed by atoms with E-state index in [2.05, 4.69) is 19.2 Å². The average molecular weight is 459 g/mol. The Kier molecular flexibility index (Phi) is 8.02. The molecule has 0 aliphatic carbocycles. The Morgan fingerprint density at radius 3 is 2.53 bits per heavy atom. The Morgan fingerprint density at radius 2 is 1.88 bits per heavy atom. The molecule has 2 aromatic carbocycles. The number of nitrogens with zero attached hydrogens (tertiary/aromatic N) is 1. The molecule has 1 fully saturated rings. The topological polar surface area (TPSA) is 67.9 Å². The van der Waals surface area contributed by atoms with Crippen LogP contribution in [0.4, 0.5) is 0 Å². The number of methoxy groups -OCH3 is 2. The molecule has 2 aromatic rings. The number of hydrogen-bond acceptors (Lipinski definition) is 4. The SMILES string of the molecule is COc1ccc(OC)c([C@@H]2CN(C(=O)c3ccccc3Cl)C[C@@H]2C(=O)NCCC(C)C)c1. The molecule has 1 heterocycles. The highest BCUT2D eigenvalue weighted by atomic mass is 35.5. The molecule has 0 spiro atoms. The van der Waals surface area contributed by atoms with Crippen LogP contribution in [0.3, 0.4) is 0 Å². The number of halogens is 1. The molecule has 0 radical (unpaired) electrons. The van der Waals surface area contributed by atoms with Crippen molar-refractivity contribution in [2.24, 2.45) is 11.8 Å². The van der Waals surface area contributed by atoms with Crippen molar-refractivity contribution < 1.29 is 19.1 Å².